The van der Waals surface area contributed by atoms with Gasteiger partial charge in [-0.15, -0.1) is 28.5 Å². The molecule has 0 atom stereocenters. The Morgan fingerprint density at radius 2 is 1.55 bits per heavy atom. The van der Waals surface area contributed by atoms with Crippen LogP contribution in [0.3, 0.4) is 0 Å². The Hall–Kier alpha value is -5.95. The Morgan fingerprint density at radius 3 is 2.15 bits per heavy atom. The van der Waals surface area contributed by atoms with Crippen LogP contribution in [0.2, 0.25) is 0 Å². The smallest absolute Gasteiger partial charge is 0.404 e. The van der Waals surface area contributed by atoms with Gasteiger partial charge in [0, 0.05) is 43.8 Å². The van der Waals surface area contributed by atoms with E-state index in [-0.39, 0.29) is 47.9 Å². The molecule has 316 valence electrons. The molecule has 2 aliphatic rings. The molecule has 0 saturated heterocycles. The highest BCUT2D eigenvalue weighted by atomic mass is 32.2. The Labute approximate surface area is 355 Å². The number of halogens is 3. The molecule has 2 amide bonds. The number of amides is 2. The van der Waals surface area contributed by atoms with Crippen LogP contribution < -0.4 is 20.7 Å². The number of hydrogen-bond acceptors (Lipinski definition) is 13. The van der Waals surface area contributed by atoms with Gasteiger partial charge in [0.25, 0.3) is 0 Å². The van der Waals surface area contributed by atoms with E-state index in [0.29, 0.717) is 28.2 Å². The summed E-state index contributed by atoms with van der Waals surface area (Å²) in [5.74, 6) is 0.207. The molecule has 4 aromatic rings. The molecule has 4 heterocycles. The number of likely N-dealkylation sites (N-methyl/N-ethyl adjacent to an activating group) is 1. The minimum absolute atomic E-state index is 0.00111. The zero-order chi connectivity index (χ0) is 42.6. The summed E-state index contributed by atoms with van der Waals surface area (Å²) in [6.45, 7) is 11.0. The van der Waals surface area contributed by atoms with Gasteiger partial charge in [-0.2, -0.15) is 0 Å². The van der Waals surface area contributed by atoms with Gasteiger partial charge in [-0.05, 0) is 81.3 Å². The fourth-order valence-corrected chi connectivity index (χ4v) is 7.92. The number of alkyl halides is 3. The fraction of sp³-hybridized carbons (Fsp3) is 0.317. The maximum Gasteiger partial charge on any atom is 0.573 e. The number of thioether (sulfide) groups is 2. The van der Waals surface area contributed by atoms with Crippen molar-refractivity contribution in [3.63, 3.8) is 0 Å². The number of dihydropyridines is 1. The zero-order valence-electron chi connectivity index (χ0n) is 33.6. The first-order valence-electron chi connectivity index (χ1n) is 19.4. The van der Waals surface area contributed by atoms with Gasteiger partial charge in [0.1, 0.15) is 11.4 Å². The lowest BCUT2D eigenvalue weighted by molar-refractivity contribution is -0.274. The molecule has 60 heavy (non-hydrogen) atoms. The minimum Gasteiger partial charge on any atom is -0.404 e. The number of hydrazone groups is 1. The summed E-state index contributed by atoms with van der Waals surface area (Å²) in [5, 5.41) is 25.9. The summed E-state index contributed by atoms with van der Waals surface area (Å²) >= 11 is 2.46. The van der Waals surface area contributed by atoms with Crippen molar-refractivity contribution in [2.45, 2.75) is 52.2 Å². The molecule has 2 aromatic carbocycles. The first-order chi connectivity index (χ1) is 29.0. The number of rotatable bonds is 17. The van der Waals surface area contributed by atoms with E-state index in [2.05, 4.69) is 61.5 Å². The van der Waals surface area contributed by atoms with Gasteiger partial charge in [-0.1, -0.05) is 60.8 Å². The number of carbonyl (C=O) groups is 2. The number of anilines is 2. The van der Waals surface area contributed by atoms with Crippen LogP contribution in [-0.4, -0.2) is 95.6 Å². The number of allylic oxidation sites excluding steroid dienone is 2. The van der Waals surface area contributed by atoms with Gasteiger partial charge in [-0.3, -0.25) is 14.2 Å². The van der Waals surface area contributed by atoms with Crippen LogP contribution in [0.5, 0.6) is 5.75 Å². The Morgan fingerprint density at radius 1 is 0.850 bits per heavy atom. The third-order valence-corrected chi connectivity index (χ3v) is 11.2. The van der Waals surface area contributed by atoms with E-state index in [4.69, 9.17) is 5.10 Å². The third kappa shape index (κ3) is 11.4. The Balaban J connectivity index is 1.28. The molecule has 0 unspecified atom stereocenters. The monoisotopic (exact) mass is 861 g/mol. The van der Waals surface area contributed by atoms with Crippen LogP contribution in [0.15, 0.2) is 119 Å². The van der Waals surface area contributed by atoms with Gasteiger partial charge in [0.2, 0.25) is 11.8 Å². The van der Waals surface area contributed by atoms with Crippen molar-refractivity contribution in [2.24, 2.45) is 5.10 Å². The minimum atomic E-state index is -4.88. The number of para-hydroxylation sites is 1. The molecule has 0 spiro atoms. The molecule has 2 aromatic heterocycles. The number of aryl methyl sites for hydroxylation is 1. The standard InChI is InChI=1S/C41H46F3N11O3S2/c1-5-28-14-16-30(17-15-28)48-36(57)27-60-40-51-55(38(53(40)8-4)34-20-18-31(24-45-34)52(6-2)7-3)23-22-54-37(33-21-19-32(25-46-33)58-41(42,43)44)49-50-39(54)59-26-35(56)47-29-12-10-9-11-13-29/h9-21,24-25,45H,5-8,22-23,26-27H2,1-4H3,(H,47,56)(H,48,57). The average Bonchev–Trinajstić information content (AvgIpc) is 3.82. The number of nitrogens with one attached hydrogen (secondary N) is 3. The summed E-state index contributed by atoms with van der Waals surface area (Å²) in [4.78, 5) is 34.6. The van der Waals surface area contributed by atoms with Crippen LogP contribution in [-0.2, 0) is 22.6 Å². The molecule has 0 radical (unpaired) electrons. The maximum absolute atomic E-state index is 13.1. The summed E-state index contributed by atoms with van der Waals surface area (Å²) in [5.41, 5.74) is 4.59. The predicted molar refractivity (Wildman–Crippen MR) is 229 cm³/mol. The van der Waals surface area contributed by atoms with Crippen molar-refractivity contribution in [1.29, 1.82) is 0 Å². The largest absolute Gasteiger partial charge is 0.573 e. The molecule has 0 fully saturated rings. The van der Waals surface area contributed by atoms with Crippen molar-refractivity contribution >= 4 is 51.9 Å². The van der Waals surface area contributed by atoms with E-state index in [1.165, 1.54) is 23.4 Å². The fourth-order valence-electron chi connectivity index (χ4n) is 6.30. The van der Waals surface area contributed by atoms with E-state index in [1.807, 2.05) is 77.6 Å². The number of aromatic nitrogens is 4. The summed E-state index contributed by atoms with van der Waals surface area (Å²) < 4.78 is 44.6. The number of hydrogen-bond donors (Lipinski definition) is 3. The van der Waals surface area contributed by atoms with E-state index < -0.39 is 12.1 Å². The van der Waals surface area contributed by atoms with Crippen LogP contribution in [0.4, 0.5) is 24.5 Å². The first-order valence-corrected chi connectivity index (χ1v) is 21.4. The number of nitrogens with zero attached hydrogens (tertiary/aromatic N) is 8. The van der Waals surface area contributed by atoms with Crippen molar-refractivity contribution in [3.05, 3.63) is 114 Å². The second kappa shape index (κ2) is 20.3. The maximum atomic E-state index is 13.1. The lowest BCUT2D eigenvalue weighted by Gasteiger charge is -2.29. The highest BCUT2D eigenvalue weighted by Crippen LogP contribution is 2.32. The van der Waals surface area contributed by atoms with Crippen molar-refractivity contribution < 1.29 is 27.5 Å². The summed E-state index contributed by atoms with van der Waals surface area (Å²) in [6.07, 6.45) is 2.99. The van der Waals surface area contributed by atoms with Crippen LogP contribution >= 0.6 is 23.5 Å². The van der Waals surface area contributed by atoms with Crippen molar-refractivity contribution in [3.8, 4) is 17.3 Å². The van der Waals surface area contributed by atoms with Crippen molar-refractivity contribution in [1.82, 2.24) is 39.9 Å². The molecule has 19 heteroatoms. The van der Waals surface area contributed by atoms with Crippen molar-refractivity contribution in [2.75, 3.05) is 48.3 Å². The number of benzene rings is 2. The van der Waals surface area contributed by atoms with E-state index in [0.717, 1.165) is 60.8 Å². The molecule has 0 saturated carbocycles. The summed E-state index contributed by atoms with van der Waals surface area (Å²) in [6, 6.07) is 19.3. The predicted octanol–water partition coefficient (Wildman–Crippen LogP) is 7.32. The number of ether oxygens (including phenoxy) is 1. The zero-order valence-corrected chi connectivity index (χ0v) is 35.2. The summed E-state index contributed by atoms with van der Waals surface area (Å²) in [7, 11) is 0. The normalized spacial score (nSPS) is 15.1. The van der Waals surface area contributed by atoms with Gasteiger partial charge < -0.3 is 30.5 Å². The van der Waals surface area contributed by atoms with Crippen LogP contribution in [0.1, 0.15) is 33.3 Å². The molecule has 2 aliphatic heterocycles. The van der Waals surface area contributed by atoms with E-state index in [1.54, 1.807) is 16.7 Å². The molecule has 0 aliphatic carbocycles. The third-order valence-electron chi connectivity index (χ3n) is 9.24. The lowest BCUT2D eigenvalue weighted by atomic mass is 10.1. The second-order valence-corrected chi connectivity index (χ2v) is 15.1. The number of amidine groups is 1. The van der Waals surface area contributed by atoms with Gasteiger partial charge in [0.05, 0.1) is 35.6 Å². The topological polar surface area (TPSA) is 145 Å². The first kappa shape index (κ1) is 43.6. The molecule has 14 nitrogen and oxygen atoms in total. The highest BCUT2D eigenvalue weighted by molar-refractivity contribution is 8.14. The molecule has 3 N–H and O–H groups in total. The number of pyridine rings is 1. The molecule has 0 bridgehead atoms. The van der Waals surface area contributed by atoms with Crippen LogP contribution in [0, 0.1) is 0 Å². The highest BCUT2D eigenvalue weighted by Gasteiger charge is 2.33. The lowest BCUT2D eigenvalue weighted by Crippen LogP contribution is -2.34. The van der Waals surface area contributed by atoms with E-state index >= 15 is 0 Å². The van der Waals surface area contributed by atoms with Gasteiger partial charge in [-0.25, -0.2) is 9.99 Å². The van der Waals surface area contributed by atoms with E-state index in [9.17, 15) is 22.8 Å². The molecule has 6 rings (SSSR count). The number of carbonyl (C=O) groups excluding carboxylic acids is 2. The van der Waals surface area contributed by atoms with Gasteiger partial charge >= 0.3 is 6.36 Å². The SMILES string of the molecule is CCc1ccc(NC(=O)CSC2=NN(CCn3c(SCC(=O)Nc4ccccc4)nnc3-c3ccc(OC(F)(F)F)cn3)C(=C3C=CC(N(CC)CC)=CN3)N2CC)cc1. The molecular formula is C41H46F3N11O3S2. The van der Waals surface area contributed by atoms with Crippen LogP contribution in [0.25, 0.3) is 11.5 Å². The Kier molecular flexibility index (Phi) is 14.8. The molecular weight excluding hydrogens is 816 g/mol. The Bertz CT molecular complexity index is 2230. The quantitative estimate of drug-likeness (QED) is 0.0915. The average molecular weight is 862 g/mol. The second-order valence-electron chi connectivity index (χ2n) is 13.2. The van der Waals surface area contributed by atoms with Gasteiger partial charge in [0.15, 0.2) is 22.0 Å².